The third-order valence-corrected chi connectivity index (χ3v) is 10.3. The minimum atomic E-state index is -0.527. The summed E-state index contributed by atoms with van der Waals surface area (Å²) in [5, 5.41) is 2.63. The van der Waals surface area contributed by atoms with E-state index in [1.165, 1.54) is 77.3 Å². The Morgan fingerprint density at radius 1 is 0.467 bits per heavy atom. The summed E-state index contributed by atoms with van der Waals surface area (Å²) >= 11 is 0. The Labute approximate surface area is 263 Å². The maximum atomic E-state index is 2.54. The Bertz CT molecular complexity index is 2380. The van der Waals surface area contributed by atoms with Crippen molar-refractivity contribution in [2.45, 2.75) is 5.41 Å². The molecule has 0 fully saturated rings. The molecule has 0 bridgehead atoms. The lowest BCUT2D eigenvalue weighted by atomic mass is 9.29. The van der Waals surface area contributed by atoms with Gasteiger partial charge in [-0.2, -0.15) is 0 Å². The first-order chi connectivity index (χ1) is 22.4. The Kier molecular flexibility index (Phi) is 5.07. The molecule has 7 aromatic carbocycles. The van der Waals surface area contributed by atoms with E-state index in [1.54, 1.807) is 0 Å². The van der Waals surface area contributed by atoms with E-state index in [0.29, 0.717) is 0 Å². The minimum Gasteiger partial charge on any atom is -0.310 e. The highest BCUT2D eigenvalue weighted by Crippen LogP contribution is 2.50. The van der Waals surface area contributed by atoms with Gasteiger partial charge < -0.3 is 4.57 Å². The number of hydrogen-bond acceptors (Lipinski definition) is 0. The van der Waals surface area contributed by atoms with E-state index in [0.717, 1.165) is 0 Å². The van der Waals surface area contributed by atoms with E-state index in [2.05, 4.69) is 174 Å². The van der Waals surface area contributed by atoms with Gasteiger partial charge in [0.25, 0.3) is 0 Å². The van der Waals surface area contributed by atoms with Gasteiger partial charge in [-0.25, -0.2) is 0 Å². The molecule has 2 heteroatoms. The molecular formula is C43H28BN. The van der Waals surface area contributed by atoms with Crippen LogP contribution in [0.1, 0.15) is 22.3 Å². The van der Waals surface area contributed by atoms with Crippen molar-refractivity contribution in [3.63, 3.8) is 0 Å². The average molecular weight is 570 g/mol. The molecule has 0 unspecified atom stereocenters. The monoisotopic (exact) mass is 569 g/mol. The van der Waals surface area contributed by atoms with Crippen LogP contribution in [0.15, 0.2) is 170 Å². The van der Waals surface area contributed by atoms with Crippen LogP contribution in [0.5, 0.6) is 0 Å². The number of hydrogen-bond donors (Lipinski definition) is 0. The first-order valence-corrected chi connectivity index (χ1v) is 15.8. The van der Waals surface area contributed by atoms with Gasteiger partial charge in [0.05, 0.1) is 10.9 Å². The van der Waals surface area contributed by atoms with Crippen molar-refractivity contribution >= 4 is 44.9 Å². The summed E-state index contributed by atoms with van der Waals surface area (Å²) in [6.45, 7) is 0.107. The molecule has 10 rings (SSSR count). The summed E-state index contributed by atoms with van der Waals surface area (Å²) in [7, 11) is 0. The molecule has 0 atom stereocenters. The molecule has 1 nitrogen and oxygen atoms in total. The van der Waals surface area contributed by atoms with Gasteiger partial charge in [0.15, 0.2) is 0 Å². The van der Waals surface area contributed by atoms with Crippen molar-refractivity contribution in [3.05, 3.63) is 192 Å². The van der Waals surface area contributed by atoms with Gasteiger partial charge in [-0.15, -0.1) is 0 Å². The standard InChI is InChI=1S/C43H28BN/c1-4-15-29(16-5-1)32-22-12-25-36-40(32)43(30-17-6-2-7-18-30,31-19-8-3-9-20-31)35-24-14-28-39-41(35)44(36)37-26-13-23-34-33-21-10-11-27-38(33)45(39)42(34)37/h1-28H. The molecule has 0 amide bonds. The molecule has 1 aromatic heterocycles. The number of benzene rings is 7. The van der Waals surface area contributed by atoms with Crippen LogP contribution in [0, 0.1) is 0 Å². The number of fused-ring (bicyclic) bond motifs is 7. The summed E-state index contributed by atoms with van der Waals surface area (Å²) in [6, 6.07) is 63.3. The summed E-state index contributed by atoms with van der Waals surface area (Å²) < 4.78 is 2.54. The molecule has 8 aromatic rings. The van der Waals surface area contributed by atoms with Gasteiger partial charge in [0.2, 0.25) is 6.71 Å². The zero-order chi connectivity index (χ0) is 29.5. The quantitative estimate of drug-likeness (QED) is 0.190. The number of para-hydroxylation sites is 2. The zero-order valence-corrected chi connectivity index (χ0v) is 24.7. The maximum absolute atomic E-state index is 2.54. The topological polar surface area (TPSA) is 4.93 Å². The lowest BCUT2D eigenvalue weighted by Gasteiger charge is -2.47. The summed E-state index contributed by atoms with van der Waals surface area (Å²) in [5.74, 6) is 0. The molecule has 0 saturated heterocycles. The Morgan fingerprint density at radius 3 is 1.82 bits per heavy atom. The van der Waals surface area contributed by atoms with Crippen molar-refractivity contribution in [2.75, 3.05) is 0 Å². The van der Waals surface area contributed by atoms with Crippen molar-refractivity contribution in [1.29, 1.82) is 0 Å². The van der Waals surface area contributed by atoms with Gasteiger partial charge in [0.1, 0.15) is 0 Å². The fraction of sp³-hybridized carbons (Fsp3) is 0.0233. The Morgan fingerprint density at radius 2 is 1.07 bits per heavy atom. The average Bonchev–Trinajstić information content (AvgIpc) is 3.46. The minimum absolute atomic E-state index is 0.107. The van der Waals surface area contributed by atoms with E-state index in [4.69, 9.17) is 0 Å². The van der Waals surface area contributed by atoms with Gasteiger partial charge in [-0.1, -0.05) is 163 Å². The van der Waals surface area contributed by atoms with E-state index < -0.39 is 5.41 Å². The fourth-order valence-electron chi connectivity index (χ4n) is 8.75. The second-order valence-electron chi connectivity index (χ2n) is 12.4. The fourth-order valence-corrected chi connectivity index (χ4v) is 8.75. The lowest BCUT2D eigenvalue weighted by Crippen LogP contribution is -2.64. The SMILES string of the molecule is c1ccc(-c2cccc3c2C(c2ccccc2)(c2ccccc2)c2cccc4c2B3c2cccc3c5ccccc5n-4c23)cc1. The highest BCUT2D eigenvalue weighted by Gasteiger charge is 2.51. The van der Waals surface area contributed by atoms with Gasteiger partial charge >= 0.3 is 0 Å². The Balaban J connectivity index is 1.47. The number of aromatic nitrogens is 1. The van der Waals surface area contributed by atoms with Crippen LogP contribution in [-0.2, 0) is 5.41 Å². The van der Waals surface area contributed by atoms with Crippen LogP contribution < -0.4 is 16.4 Å². The second kappa shape index (κ2) is 9.20. The molecule has 0 spiro atoms. The van der Waals surface area contributed by atoms with Crippen LogP contribution >= 0.6 is 0 Å². The van der Waals surface area contributed by atoms with Gasteiger partial charge in [-0.3, -0.25) is 0 Å². The highest BCUT2D eigenvalue weighted by atomic mass is 15.0. The third-order valence-electron chi connectivity index (χ3n) is 10.3. The third kappa shape index (κ3) is 3.14. The predicted molar refractivity (Wildman–Crippen MR) is 189 cm³/mol. The maximum Gasteiger partial charge on any atom is 0.247 e. The molecule has 2 aliphatic heterocycles. The molecule has 208 valence electrons. The Hall–Kier alpha value is -5.60. The molecule has 0 aliphatic carbocycles. The molecule has 0 saturated carbocycles. The van der Waals surface area contributed by atoms with Crippen molar-refractivity contribution in [1.82, 2.24) is 4.57 Å². The van der Waals surface area contributed by atoms with E-state index in [1.807, 2.05) is 0 Å². The number of rotatable bonds is 3. The van der Waals surface area contributed by atoms with E-state index in [9.17, 15) is 0 Å². The molecule has 3 heterocycles. The normalized spacial score (nSPS) is 13.9. The van der Waals surface area contributed by atoms with Crippen LogP contribution in [-0.4, -0.2) is 11.3 Å². The van der Waals surface area contributed by atoms with Crippen LogP contribution in [0.25, 0.3) is 38.6 Å². The van der Waals surface area contributed by atoms with Gasteiger partial charge in [-0.05, 0) is 56.4 Å². The summed E-state index contributed by atoms with van der Waals surface area (Å²) in [5.41, 5.74) is 15.4. The van der Waals surface area contributed by atoms with Crippen molar-refractivity contribution in [3.8, 4) is 16.8 Å². The smallest absolute Gasteiger partial charge is 0.247 e. The largest absolute Gasteiger partial charge is 0.310 e. The summed E-state index contributed by atoms with van der Waals surface area (Å²) in [6.07, 6.45) is 0. The first kappa shape index (κ1) is 24.8. The predicted octanol–water partition coefficient (Wildman–Crippen LogP) is 7.98. The van der Waals surface area contributed by atoms with Crippen LogP contribution in [0.3, 0.4) is 0 Å². The molecule has 45 heavy (non-hydrogen) atoms. The van der Waals surface area contributed by atoms with Crippen molar-refractivity contribution < 1.29 is 0 Å². The van der Waals surface area contributed by atoms with Crippen molar-refractivity contribution in [2.24, 2.45) is 0 Å². The first-order valence-electron chi connectivity index (χ1n) is 15.8. The molecule has 0 N–H and O–H groups in total. The van der Waals surface area contributed by atoms with E-state index in [-0.39, 0.29) is 6.71 Å². The molecule has 0 radical (unpaired) electrons. The second-order valence-corrected chi connectivity index (χ2v) is 12.4. The highest BCUT2D eigenvalue weighted by molar-refractivity contribution is 6.99. The van der Waals surface area contributed by atoms with Crippen LogP contribution in [0.4, 0.5) is 0 Å². The zero-order valence-electron chi connectivity index (χ0n) is 24.7. The van der Waals surface area contributed by atoms with Gasteiger partial charge in [0, 0.05) is 22.0 Å². The number of nitrogens with zero attached hydrogens (tertiary/aromatic N) is 1. The molecule has 2 aliphatic rings. The van der Waals surface area contributed by atoms with E-state index >= 15 is 0 Å². The summed E-state index contributed by atoms with van der Waals surface area (Å²) in [4.78, 5) is 0. The van der Waals surface area contributed by atoms with Crippen LogP contribution in [0.2, 0.25) is 0 Å². The molecular weight excluding hydrogens is 541 g/mol. The lowest BCUT2D eigenvalue weighted by molar-refractivity contribution is 0.752.